The molecule has 0 bridgehead atoms. The first-order valence-electron chi connectivity index (χ1n) is 3.30. The maximum atomic E-state index is 10.1. The molecule has 60 valence electrons. The summed E-state index contributed by atoms with van der Waals surface area (Å²) in [6, 6.07) is 0. The van der Waals surface area contributed by atoms with Gasteiger partial charge in [0.25, 0.3) is 0 Å². The Balaban J connectivity index is 2.90. The van der Waals surface area contributed by atoms with Crippen LogP contribution in [0.3, 0.4) is 0 Å². The Bertz CT molecular complexity index is 279. The van der Waals surface area contributed by atoms with E-state index in [-0.39, 0.29) is 0 Å². The van der Waals surface area contributed by atoms with E-state index in [0.29, 0.717) is 11.4 Å². The number of nitroso groups, excluding NO2 is 2. The maximum Gasteiger partial charge on any atom is 0.108 e. The third-order valence-corrected chi connectivity index (χ3v) is 1.28. The second kappa shape index (κ2) is 4.12. The van der Waals surface area contributed by atoms with Crippen LogP contribution in [0.4, 0.5) is 0 Å². The van der Waals surface area contributed by atoms with E-state index in [1.807, 2.05) is 0 Å². The van der Waals surface area contributed by atoms with Gasteiger partial charge in [0.15, 0.2) is 0 Å². The first-order valence-corrected chi connectivity index (χ1v) is 3.30. The molecule has 0 aromatic heterocycles. The van der Waals surface area contributed by atoms with E-state index in [2.05, 4.69) is 10.4 Å². The van der Waals surface area contributed by atoms with Crippen molar-refractivity contribution in [3.8, 4) is 0 Å². The average molecular weight is 162 g/mol. The van der Waals surface area contributed by atoms with Crippen LogP contribution >= 0.6 is 0 Å². The van der Waals surface area contributed by atoms with Gasteiger partial charge in [0.05, 0.1) is 0 Å². The number of nitrogens with zero attached hydrogens (tertiary/aromatic N) is 2. The van der Waals surface area contributed by atoms with Gasteiger partial charge in [-0.2, -0.15) is 0 Å². The Morgan fingerprint density at radius 3 is 1.58 bits per heavy atom. The predicted octanol–water partition coefficient (Wildman–Crippen LogP) is 2.41. The molecule has 4 heteroatoms. The van der Waals surface area contributed by atoms with Crippen LogP contribution in [-0.2, 0) is 0 Å². The summed E-state index contributed by atoms with van der Waals surface area (Å²) in [6.07, 6.45) is 9.10. The monoisotopic (exact) mass is 162 g/mol. The van der Waals surface area contributed by atoms with Gasteiger partial charge < -0.3 is 0 Å². The van der Waals surface area contributed by atoms with Gasteiger partial charge in [-0.3, -0.25) is 0 Å². The van der Waals surface area contributed by atoms with E-state index in [4.69, 9.17) is 0 Å². The normalized spacial score (nSPS) is 29.7. The highest BCUT2D eigenvalue weighted by Gasteiger charge is 1.92. The summed E-state index contributed by atoms with van der Waals surface area (Å²) in [4.78, 5) is 20.1. The number of hydrogen-bond donors (Lipinski definition) is 0. The lowest BCUT2D eigenvalue weighted by atomic mass is 10.2. The number of allylic oxidation sites excluding steroid dienone is 6. The van der Waals surface area contributed by atoms with Crippen molar-refractivity contribution in [2.75, 3.05) is 0 Å². The number of hydrogen-bond acceptors (Lipinski definition) is 4. The zero-order chi connectivity index (χ0) is 8.81. The quantitative estimate of drug-likeness (QED) is 0.585. The van der Waals surface area contributed by atoms with E-state index in [1.54, 1.807) is 12.2 Å². The Kier molecular flexibility index (Phi) is 2.84. The summed E-state index contributed by atoms with van der Waals surface area (Å²) >= 11 is 0. The Morgan fingerprint density at radius 1 is 0.833 bits per heavy atom. The van der Waals surface area contributed by atoms with Crippen LogP contribution in [0.5, 0.6) is 0 Å². The Labute approximate surface area is 68.9 Å². The molecule has 0 saturated heterocycles. The summed E-state index contributed by atoms with van der Waals surface area (Å²) in [5.74, 6) is 0. The second-order valence-electron chi connectivity index (χ2n) is 2.08. The van der Waals surface area contributed by atoms with E-state index < -0.39 is 0 Å². The van der Waals surface area contributed by atoms with Crippen LogP contribution in [0.2, 0.25) is 0 Å². The smallest absolute Gasteiger partial charge is 0.108 e. The SMILES string of the molecule is O=NC1=C/C=C\C(N=O)=C/C=C\1. The topological polar surface area (TPSA) is 58.9 Å². The Hall–Kier alpha value is -1.84. The molecule has 0 N–H and O–H groups in total. The van der Waals surface area contributed by atoms with Gasteiger partial charge in [-0.15, -0.1) is 9.81 Å². The van der Waals surface area contributed by atoms with Gasteiger partial charge in [0, 0.05) is 0 Å². The molecule has 0 heterocycles. The van der Waals surface area contributed by atoms with Crippen LogP contribution in [0.25, 0.3) is 0 Å². The van der Waals surface area contributed by atoms with E-state index in [0.717, 1.165) is 0 Å². The molecule has 0 amide bonds. The predicted molar refractivity (Wildman–Crippen MR) is 46.0 cm³/mol. The zero-order valence-electron chi connectivity index (χ0n) is 6.18. The van der Waals surface area contributed by atoms with E-state index >= 15 is 0 Å². The lowest BCUT2D eigenvalue weighted by Gasteiger charge is -1.89. The van der Waals surface area contributed by atoms with Crippen molar-refractivity contribution in [3.63, 3.8) is 0 Å². The minimum absolute atomic E-state index is 0.312. The molecule has 0 aromatic rings. The van der Waals surface area contributed by atoms with Crippen LogP contribution in [-0.4, -0.2) is 0 Å². The Morgan fingerprint density at radius 2 is 1.25 bits per heavy atom. The molecule has 0 radical (unpaired) electrons. The highest BCUT2D eigenvalue weighted by Crippen LogP contribution is 2.06. The van der Waals surface area contributed by atoms with Gasteiger partial charge in [0.2, 0.25) is 0 Å². The lowest BCUT2D eigenvalue weighted by Crippen LogP contribution is -1.74. The fraction of sp³-hybridized carbons (Fsp3) is 0. The molecule has 0 fully saturated rings. The summed E-state index contributed by atoms with van der Waals surface area (Å²) < 4.78 is 0. The van der Waals surface area contributed by atoms with Gasteiger partial charge in [-0.1, -0.05) is 12.2 Å². The molecular formula is C8H6N2O2. The molecule has 0 aliphatic heterocycles. The number of rotatable bonds is 2. The first-order chi connectivity index (χ1) is 5.86. The maximum absolute atomic E-state index is 10.1. The van der Waals surface area contributed by atoms with Gasteiger partial charge in [0.1, 0.15) is 11.4 Å². The van der Waals surface area contributed by atoms with Crippen molar-refractivity contribution in [2.45, 2.75) is 0 Å². The highest BCUT2D eigenvalue weighted by molar-refractivity contribution is 5.34. The molecule has 0 spiro atoms. The van der Waals surface area contributed by atoms with E-state index in [1.165, 1.54) is 24.3 Å². The van der Waals surface area contributed by atoms with Gasteiger partial charge in [-0.25, -0.2) is 0 Å². The lowest BCUT2D eigenvalue weighted by molar-refractivity contribution is 1.34. The van der Waals surface area contributed by atoms with Crippen LogP contribution in [0, 0.1) is 9.81 Å². The third kappa shape index (κ3) is 2.09. The molecule has 1 aliphatic carbocycles. The summed E-state index contributed by atoms with van der Waals surface area (Å²) in [6.45, 7) is 0. The minimum atomic E-state index is 0.312. The molecule has 1 aliphatic rings. The largest absolute Gasteiger partial charge is 0.145 e. The average Bonchev–Trinajstić information content (AvgIpc) is 2.05. The fourth-order valence-electron chi connectivity index (χ4n) is 0.723. The van der Waals surface area contributed by atoms with Crippen LogP contribution in [0.15, 0.2) is 58.2 Å². The van der Waals surface area contributed by atoms with Gasteiger partial charge in [-0.05, 0) is 34.7 Å². The fourth-order valence-corrected chi connectivity index (χ4v) is 0.723. The molecule has 0 aromatic carbocycles. The van der Waals surface area contributed by atoms with Gasteiger partial charge >= 0.3 is 0 Å². The van der Waals surface area contributed by atoms with Crippen molar-refractivity contribution in [2.24, 2.45) is 10.4 Å². The molecular weight excluding hydrogens is 156 g/mol. The molecule has 0 saturated carbocycles. The minimum Gasteiger partial charge on any atom is -0.145 e. The molecule has 4 nitrogen and oxygen atoms in total. The van der Waals surface area contributed by atoms with Crippen molar-refractivity contribution in [1.29, 1.82) is 0 Å². The molecule has 0 unspecified atom stereocenters. The molecule has 12 heavy (non-hydrogen) atoms. The summed E-state index contributed by atoms with van der Waals surface area (Å²) in [5, 5.41) is 5.47. The third-order valence-electron chi connectivity index (χ3n) is 1.28. The molecule has 0 atom stereocenters. The standard InChI is InChI=1S/C8H6N2O2/c11-9-7-3-1-4-8(10-12)6-2-5-7/h1-6H/b3-1-,4-1?,5-2?,6-2-,7-3?,7-5+,8-4+,8-6?. The van der Waals surface area contributed by atoms with Crippen molar-refractivity contribution in [3.05, 3.63) is 57.7 Å². The highest BCUT2D eigenvalue weighted by atomic mass is 16.3. The second-order valence-corrected chi connectivity index (χ2v) is 2.08. The first kappa shape index (κ1) is 8.26. The van der Waals surface area contributed by atoms with E-state index in [9.17, 15) is 9.81 Å². The zero-order valence-corrected chi connectivity index (χ0v) is 6.18. The van der Waals surface area contributed by atoms with Crippen LogP contribution < -0.4 is 0 Å². The van der Waals surface area contributed by atoms with Crippen molar-refractivity contribution in [1.82, 2.24) is 0 Å². The van der Waals surface area contributed by atoms with Crippen molar-refractivity contribution < 1.29 is 0 Å². The van der Waals surface area contributed by atoms with Crippen LogP contribution in [0.1, 0.15) is 0 Å². The molecule has 1 rings (SSSR count). The van der Waals surface area contributed by atoms with Crippen molar-refractivity contribution >= 4 is 0 Å². The summed E-state index contributed by atoms with van der Waals surface area (Å²) in [7, 11) is 0. The summed E-state index contributed by atoms with van der Waals surface area (Å²) in [5.41, 5.74) is 0.625.